The van der Waals surface area contributed by atoms with Crippen molar-refractivity contribution in [3.8, 4) is 5.75 Å². The molecule has 0 aliphatic carbocycles. The zero-order valence-electron chi connectivity index (χ0n) is 16.6. The fraction of sp³-hybridized carbons (Fsp3) is 0.650. The molecule has 0 amide bonds. The molecule has 5 nitrogen and oxygen atoms in total. The zero-order chi connectivity index (χ0) is 18.5. The zero-order valence-corrected chi connectivity index (χ0v) is 19.0. The van der Waals surface area contributed by atoms with Crippen LogP contribution in [-0.4, -0.2) is 36.9 Å². The fourth-order valence-electron chi connectivity index (χ4n) is 2.64. The summed E-state index contributed by atoms with van der Waals surface area (Å²) < 4.78 is 5.66. The van der Waals surface area contributed by atoms with Crippen molar-refractivity contribution in [1.82, 2.24) is 10.6 Å². The molecule has 0 bridgehead atoms. The molecule has 1 aromatic rings. The lowest BCUT2D eigenvalue weighted by Crippen LogP contribution is -2.40. The highest BCUT2D eigenvalue weighted by Crippen LogP contribution is 2.14. The highest BCUT2D eigenvalue weighted by molar-refractivity contribution is 14.0. The molecule has 0 heterocycles. The molecule has 1 atom stereocenters. The minimum atomic E-state index is 0. The number of aliphatic imine (C=N–C) groups is 1. The topological polar surface area (TPSA) is 65.9 Å². The number of hydrogen-bond donors (Lipinski definition) is 3. The Bertz CT molecular complexity index is 486. The molecule has 0 aromatic heterocycles. The Balaban J connectivity index is 0.00000625. The SMILES string of the molecule is CCCC(CCO)CNC(=NCc1ccc(OC(C)C)cc1)NCC.I. The summed E-state index contributed by atoms with van der Waals surface area (Å²) in [6.07, 6.45) is 3.26. The van der Waals surface area contributed by atoms with Crippen LogP contribution in [0.15, 0.2) is 29.3 Å². The average Bonchev–Trinajstić information content (AvgIpc) is 2.58. The Morgan fingerprint density at radius 1 is 1.12 bits per heavy atom. The lowest BCUT2D eigenvalue weighted by Gasteiger charge is -2.18. The number of rotatable bonds is 11. The number of benzene rings is 1. The van der Waals surface area contributed by atoms with E-state index in [0.29, 0.717) is 12.5 Å². The van der Waals surface area contributed by atoms with Gasteiger partial charge in [-0.2, -0.15) is 0 Å². The number of guanidine groups is 1. The van der Waals surface area contributed by atoms with E-state index in [9.17, 15) is 5.11 Å². The third kappa shape index (κ3) is 10.9. The molecule has 1 rings (SSSR count). The van der Waals surface area contributed by atoms with E-state index in [1.807, 2.05) is 26.0 Å². The molecule has 0 radical (unpaired) electrons. The minimum absolute atomic E-state index is 0. The van der Waals surface area contributed by atoms with Crippen LogP contribution >= 0.6 is 24.0 Å². The Kier molecular flexibility index (Phi) is 14.5. The van der Waals surface area contributed by atoms with Crippen LogP contribution in [0.3, 0.4) is 0 Å². The number of aliphatic hydroxyl groups is 1. The average molecular weight is 477 g/mol. The predicted molar refractivity (Wildman–Crippen MR) is 121 cm³/mol. The van der Waals surface area contributed by atoms with Crippen molar-refractivity contribution in [1.29, 1.82) is 0 Å². The first-order valence-corrected chi connectivity index (χ1v) is 9.47. The van der Waals surface area contributed by atoms with Crippen molar-refractivity contribution in [3.63, 3.8) is 0 Å². The smallest absolute Gasteiger partial charge is 0.191 e. The summed E-state index contributed by atoms with van der Waals surface area (Å²) >= 11 is 0. The van der Waals surface area contributed by atoms with Gasteiger partial charge in [-0.25, -0.2) is 4.99 Å². The second kappa shape index (κ2) is 15.1. The summed E-state index contributed by atoms with van der Waals surface area (Å²) in [7, 11) is 0. The fourth-order valence-corrected chi connectivity index (χ4v) is 2.64. The van der Waals surface area contributed by atoms with E-state index < -0.39 is 0 Å². The molecule has 26 heavy (non-hydrogen) atoms. The number of nitrogens with one attached hydrogen (secondary N) is 2. The number of hydrogen-bond acceptors (Lipinski definition) is 3. The molecule has 150 valence electrons. The summed E-state index contributed by atoms with van der Waals surface area (Å²) in [6.45, 7) is 10.8. The van der Waals surface area contributed by atoms with Gasteiger partial charge in [0, 0.05) is 19.7 Å². The summed E-state index contributed by atoms with van der Waals surface area (Å²) in [5, 5.41) is 15.9. The predicted octanol–water partition coefficient (Wildman–Crippen LogP) is 3.95. The van der Waals surface area contributed by atoms with Crippen LogP contribution in [0.4, 0.5) is 0 Å². The van der Waals surface area contributed by atoms with Gasteiger partial charge in [-0.15, -0.1) is 24.0 Å². The third-order valence-electron chi connectivity index (χ3n) is 3.85. The van der Waals surface area contributed by atoms with Crippen molar-refractivity contribution < 1.29 is 9.84 Å². The number of ether oxygens (including phenoxy) is 1. The molecule has 1 unspecified atom stereocenters. The van der Waals surface area contributed by atoms with Crippen LogP contribution in [0, 0.1) is 5.92 Å². The van der Waals surface area contributed by atoms with Crippen molar-refractivity contribution in [2.75, 3.05) is 19.7 Å². The van der Waals surface area contributed by atoms with E-state index in [2.05, 4.69) is 41.6 Å². The van der Waals surface area contributed by atoms with Gasteiger partial charge in [0.1, 0.15) is 5.75 Å². The lowest BCUT2D eigenvalue weighted by atomic mass is 10.0. The Labute approximate surface area is 176 Å². The second-order valence-corrected chi connectivity index (χ2v) is 6.55. The van der Waals surface area contributed by atoms with Crippen molar-refractivity contribution >= 4 is 29.9 Å². The van der Waals surface area contributed by atoms with Gasteiger partial charge in [0.2, 0.25) is 0 Å². The maximum atomic E-state index is 9.18. The molecule has 0 aliphatic heterocycles. The first-order chi connectivity index (χ1) is 12.1. The van der Waals surface area contributed by atoms with Gasteiger partial charge in [0.15, 0.2) is 5.96 Å². The van der Waals surface area contributed by atoms with Gasteiger partial charge in [-0.3, -0.25) is 0 Å². The Morgan fingerprint density at radius 2 is 1.81 bits per heavy atom. The van der Waals surface area contributed by atoms with E-state index in [4.69, 9.17) is 4.74 Å². The van der Waals surface area contributed by atoms with Gasteiger partial charge in [0.25, 0.3) is 0 Å². The van der Waals surface area contributed by atoms with Crippen LogP contribution in [0.2, 0.25) is 0 Å². The van der Waals surface area contributed by atoms with Crippen LogP contribution in [0.1, 0.15) is 52.5 Å². The summed E-state index contributed by atoms with van der Waals surface area (Å²) in [6, 6.07) is 8.08. The van der Waals surface area contributed by atoms with Gasteiger partial charge in [-0.05, 0) is 57.2 Å². The van der Waals surface area contributed by atoms with Crippen LogP contribution < -0.4 is 15.4 Å². The third-order valence-corrected chi connectivity index (χ3v) is 3.85. The highest BCUT2D eigenvalue weighted by Gasteiger charge is 2.08. The standard InChI is InChI=1S/C20H35N3O2.HI/c1-5-7-17(12-13-24)14-22-20(21-6-2)23-15-18-8-10-19(11-9-18)25-16(3)4;/h8-11,16-17,24H,5-7,12-15H2,1-4H3,(H2,21,22,23);1H. The summed E-state index contributed by atoms with van der Waals surface area (Å²) in [5.74, 6) is 2.19. The number of nitrogens with zero attached hydrogens (tertiary/aromatic N) is 1. The van der Waals surface area contributed by atoms with Crippen molar-refractivity contribution in [2.45, 2.75) is 59.6 Å². The molecule has 1 aromatic carbocycles. The Hall–Kier alpha value is -1.02. The van der Waals surface area contributed by atoms with Gasteiger partial charge >= 0.3 is 0 Å². The minimum Gasteiger partial charge on any atom is -0.491 e. The molecule has 3 N–H and O–H groups in total. The molecular formula is C20H36IN3O2. The first kappa shape index (κ1) is 25.0. The van der Waals surface area contributed by atoms with Gasteiger partial charge in [-0.1, -0.05) is 25.5 Å². The van der Waals surface area contributed by atoms with E-state index >= 15 is 0 Å². The quantitative estimate of drug-likeness (QED) is 0.257. The van der Waals surface area contributed by atoms with Crippen molar-refractivity contribution in [2.24, 2.45) is 10.9 Å². The van der Waals surface area contributed by atoms with Crippen LogP contribution in [0.5, 0.6) is 5.75 Å². The monoisotopic (exact) mass is 477 g/mol. The molecular weight excluding hydrogens is 441 g/mol. The van der Waals surface area contributed by atoms with Gasteiger partial charge < -0.3 is 20.5 Å². The van der Waals surface area contributed by atoms with E-state index in [1.165, 1.54) is 0 Å². The summed E-state index contributed by atoms with van der Waals surface area (Å²) in [4.78, 5) is 4.66. The van der Waals surface area contributed by atoms with E-state index in [1.54, 1.807) is 0 Å². The molecule has 0 aliphatic rings. The molecule has 0 spiro atoms. The highest BCUT2D eigenvalue weighted by atomic mass is 127. The normalized spacial score (nSPS) is 12.5. The molecule has 0 saturated carbocycles. The largest absolute Gasteiger partial charge is 0.491 e. The molecule has 0 fully saturated rings. The number of aliphatic hydroxyl groups excluding tert-OH is 1. The lowest BCUT2D eigenvalue weighted by molar-refractivity contribution is 0.242. The number of halogens is 1. The van der Waals surface area contributed by atoms with E-state index in [-0.39, 0.29) is 36.7 Å². The molecule has 6 heteroatoms. The van der Waals surface area contributed by atoms with Crippen LogP contribution in [-0.2, 0) is 6.54 Å². The van der Waals surface area contributed by atoms with Gasteiger partial charge in [0.05, 0.1) is 12.6 Å². The Morgan fingerprint density at radius 3 is 2.35 bits per heavy atom. The van der Waals surface area contributed by atoms with Crippen LogP contribution in [0.25, 0.3) is 0 Å². The first-order valence-electron chi connectivity index (χ1n) is 9.47. The summed E-state index contributed by atoms with van der Waals surface area (Å²) in [5.41, 5.74) is 1.15. The molecule has 0 saturated heterocycles. The maximum Gasteiger partial charge on any atom is 0.191 e. The van der Waals surface area contributed by atoms with Crippen molar-refractivity contribution in [3.05, 3.63) is 29.8 Å². The second-order valence-electron chi connectivity index (χ2n) is 6.55. The maximum absolute atomic E-state index is 9.18. The van der Waals surface area contributed by atoms with E-state index in [0.717, 1.165) is 49.6 Å².